The highest BCUT2D eigenvalue weighted by molar-refractivity contribution is 5.53. The van der Waals surface area contributed by atoms with Crippen molar-refractivity contribution in [2.45, 2.75) is 51.4 Å². The molecule has 0 fully saturated rings. The zero-order valence-corrected chi connectivity index (χ0v) is 18.4. The Kier molecular flexibility index (Phi) is 6.64. The van der Waals surface area contributed by atoms with E-state index in [1.54, 1.807) is 6.33 Å². The monoisotopic (exact) mass is 410 g/mol. The lowest BCUT2D eigenvalue weighted by molar-refractivity contribution is 0.149. The number of aryl methyl sites for hydroxylation is 1. The van der Waals surface area contributed by atoms with Gasteiger partial charge in [0.2, 0.25) is 0 Å². The largest absolute Gasteiger partial charge is 0.355 e. The summed E-state index contributed by atoms with van der Waals surface area (Å²) in [6.45, 7) is 3.85. The fourth-order valence-corrected chi connectivity index (χ4v) is 4.62. The van der Waals surface area contributed by atoms with Crippen LogP contribution in [-0.4, -0.2) is 28.0 Å². The number of fused-ring (bicyclic) bond motifs is 1. The van der Waals surface area contributed by atoms with E-state index in [4.69, 9.17) is 11.4 Å². The Morgan fingerprint density at radius 1 is 1.03 bits per heavy atom. The quantitative estimate of drug-likeness (QED) is 0.535. The predicted molar refractivity (Wildman–Crippen MR) is 127 cm³/mol. The molecule has 4 rings (SSSR count). The number of hydrogen-bond donors (Lipinski definition) is 0. The second-order valence-electron chi connectivity index (χ2n) is 8.23. The molecule has 2 atom stereocenters. The lowest BCUT2D eigenvalue weighted by Gasteiger charge is -2.35. The Morgan fingerprint density at radius 3 is 2.35 bits per heavy atom. The maximum Gasteiger partial charge on any atom is 0.138 e. The molecule has 1 aromatic heterocycles. The first kappa shape index (κ1) is 21.1. The molecule has 1 aliphatic rings. The number of rotatable bonds is 6. The van der Waals surface area contributed by atoms with Crippen molar-refractivity contribution >= 4 is 5.82 Å². The van der Waals surface area contributed by atoms with Gasteiger partial charge in [0.15, 0.2) is 0 Å². The standard InChI is InChI=1S/C27H30N4/c1-4-23-16-17-24-26(25(5-2)31(23)19-22-14-10-7-11-15-22)27(29-20-28-24)30(3)18-21-12-8-6-9-13-21/h2,6-15,20,23,25H,4,16-19H2,1,3H3/t23-,25-/m1/s1. The van der Waals surface area contributed by atoms with Gasteiger partial charge in [-0.05, 0) is 30.4 Å². The second kappa shape index (κ2) is 9.76. The highest BCUT2D eigenvalue weighted by Crippen LogP contribution is 2.37. The summed E-state index contributed by atoms with van der Waals surface area (Å²) in [4.78, 5) is 14.1. The third-order valence-electron chi connectivity index (χ3n) is 6.20. The molecule has 0 unspecified atom stereocenters. The van der Waals surface area contributed by atoms with Crippen LogP contribution in [0.4, 0.5) is 5.82 Å². The Labute approximate surface area is 186 Å². The minimum Gasteiger partial charge on any atom is -0.355 e. The average Bonchev–Trinajstić information content (AvgIpc) is 2.96. The number of aromatic nitrogens is 2. The lowest BCUT2D eigenvalue weighted by atomic mass is 10.0. The second-order valence-corrected chi connectivity index (χ2v) is 8.23. The minimum atomic E-state index is -0.155. The molecule has 2 heterocycles. The molecule has 0 spiro atoms. The first-order valence-electron chi connectivity index (χ1n) is 11.1. The molecule has 0 saturated heterocycles. The summed E-state index contributed by atoms with van der Waals surface area (Å²) >= 11 is 0. The van der Waals surface area contributed by atoms with Gasteiger partial charge >= 0.3 is 0 Å². The van der Waals surface area contributed by atoms with Crippen LogP contribution in [-0.2, 0) is 19.5 Å². The van der Waals surface area contributed by atoms with Crippen LogP contribution in [0.1, 0.15) is 48.2 Å². The van der Waals surface area contributed by atoms with Crippen LogP contribution in [0.3, 0.4) is 0 Å². The van der Waals surface area contributed by atoms with Crippen LogP contribution in [0, 0.1) is 12.3 Å². The van der Waals surface area contributed by atoms with Crippen LogP contribution in [0.15, 0.2) is 67.0 Å². The van der Waals surface area contributed by atoms with Gasteiger partial charge in [0.05, 0.1) is 5.69 Å². The Bertz CT molecular complexity index is 1030. The molecular weight excluding hydrogens is 380 g/mol. The Hall–Kier alpha value is -3.16. The van der Waals surface area contributed by atoms with Crippen molar-refractivity contribution in [3.05, 3.63) is 89.4 Å². The van der Waals surface area contributed by atoms with Crippen molar-refractivity contribution in [1.82, 2.24) is 14.9 Å². The molecule has 0 saturated carbocycles. The average molecular weight is 411 g/mol. The number of terminal acetylenes is 1. The summed E-state index contributed by atoms with van der Waals surface area (Å²) in [7, 11) is 2.09. The molecule has 4 heteroatoms. The van der Waals surface area contributed by atoms with E-state index < -0.39 is 0 Å². The van der Waals surface area contributed by atoms with Crippen molar-refractivity contribution in [3.63, 3.8) is 0 Å². The molecule has 0 bridgehead atoms. The van der Waals surface area contributed by atoms with Crippen LogP contribution >= 0.6 is 0 Å². The summed E-state index contributed by atoms with van der Waals surface area (Å²) in [5.41, 5.74) is 4.70. The van der Waals surface area contributed by atoms with E-state index in [2.05, 4.69) is 89.3 Å². The molecule has 3 aromatic rings. The molecular formula is C27H30N4. The molecule has 4 nitrogen and oxygen atoms in total. The molecule has 0 radical (unpaired) electrons. The van der Waals surface area contributed by atoms with Crippen LogP contribution in [0.2, 0.25) is 0 Å². The Balaban J connectivity index is 1.73. The van der Waals surface area contributed by atoms with E-state index in [-0.39, 0.29) is 6.04 Å². The van der Waals surface area contributed by atoms with Gasteiger partial charge in [0.1, 0.15) is 18.2 Å². The number of nitrogens with zero attached hydrogens (tertiary/aromatic N) is 4. The van der Waals surface area contributed by atoms with Crippen LogP contribution < -0.4 is 4.90 Å². The van der Waals surface area contributed by atoms with Gasteiger partial charge in [-0.3, -0.25) is 4.90 Å². The summed E-state index contributed by atoms with van der Waals surface area (Å²) < 4.78 is 0. The summed E-state index contributed by atoms with van der Waals surface area (Å²) in [6, 6.07) is 21.3. The molecule has 1 aliphatic heterocycles. The van der Waals surface area contributed by atoms with Gasteiger partial charge in [-0.2, -0.15) is 0 Å². The fourth-order valence-electron chi connectivity index (χ4n) is 4.62. The summed E-state index contributed by atoms with van der Waals surface area (Å²) in [5, 5.41) is 0. The minimum absolute atomic E-state index is 0.155. The summed E-state index contributed by atoms with van der Waals surface area (Å²) in [5.74, 6) is 4.05. The van der Waals surface area contributed by atoms with Gasteiger partial charge in [0.25, 0.3) is 0 Å². The zero-order chi connectivity index (χ0) is 21.6. The molecule has 0 N–H and O–H groups in total. The van der Waals surface area contributed by atoms with Gasteiger partial charge in [-0.25, -0.2) is 9.97 Å². The lowest BCUT2D eigenvalue weighted by Crippen LogP contribution is -2.37. The third-order valence-corrected chi connectivity index (χ3v) is 6.20. The molecule has 158 valence electrons. The number of hydrogen-bond acceptors (Lipinski definition) is 4. The van der Waals surface area contributed by atoms with Gasteiger partial charge in [-0.1, -0.05) is 73.5 Å². The van der Waals surface area contributed by atoms with Gasteiger partial charge in [-0.15, -0.1) is 6.42 Å². The van der Waals surface area contributed by atoms with Crippen molar-refractivity contribution in [1.29, 1.82) is 0 Å². The van der Waals surface area contributed by atoms with Crippen LogP contribution in [0.5, 0.6) is 0 Å². The predicted octanol–water partition coefficient (Wildman–Crippen LogP) is 5.01. The highest BCUT2D eigenvalue weighted by atomic mass is 15.2. The van der Waals surface area contributed by atoms with Crippen molar-refractivity contribution < 1.29 is 0 Å². The first-order chi connectivity index (χ1) is 15.2. The first-order valence-corrected chi connectivity index (χ1v) is 11.1. The maximum absolute atomic E-state index is 6.20. The number of benzene rings is 2. The van der Waals surface area contributed by atoms with Crippen molar-refractivity contribution in [2.24, 2.45) is 0 Å². The maximum atomic E-state index is 6.20. The van der Waals surface area contributed by atoms with E-state index in [1.807, 2.05) is 6.07 Å². The zero-order valence-electron chi connectivity index (χ0n) is 18.4. The van der Waals surface area contributed by atoms with Crippen molar-refractivity contribution in [3.8, 4) is 12.3 Å². The molecule has 0 amide bonds. The molecule has 0 aliphatic carbocycles. The van der Waals surface area contributed by atoms with Gasteiger partial charge < -0.3 is 4.90 Å². The van der Waals surface area contributed by atoms with E-state index in [9.17, 15) is 0 Å². The smallest absolute Gasteiger partial charge is 0.138 e. The topological polar surface area (TPSA) is 32.3 Å². The van der Waals surface area contributed by atoms with E-state index in [1.165, 1.54) is 11.1 Å². The Morgan fingerprint density at radius 2 is 1.71 bits per heavy atom. The molecule has 2 aromatic carbocycles. The molecule has 31 heavy (non-hydrogen) atoms. The summed E-state index contributed by atoms with van der Waals surface area (Å²) in [6.07, 6.45) is 10.9. The normalized spacial score (nSPS) is 18.6. The van der Waals surface area contributed by atoms with Crippen molar-refractivity contribution in [2.75, 3.05) is 11.9 Å². The van der Waals surface area contributed by atoms with E-state index in [0.29, 0.717) is 6.04 Å². The SMILES string of the molecule is C#C[C@@H]1c2c(ncnc2N(C)Cc2ccccc2)CC[C@@H](CC)N1Cc1ccccc1. The van der Waals surface area contributed by atoms with Gasteiger partial charge in [0, 0.05) is 31.7 Å². The van der Waals surface area contributed by atoms with E-state index in [0.717, 1.165) is 49.4 Å². The highest BCUT2D eigenvalue weighted by Gasteiger charge is 2.34. The third kappa shape index (κ3) is 4.62. The van der Waals surface area contributed by atoms with E-state index >= 15 is 0 Å². The van der Waals surface area contributed by atoms with Crippen LogP contribution in [0.25, 0.3) is 0 Å². The fraction of sp³-hybridized carbons (Fsp3) is 0.333. The number of anilines is 1.